The number of fused-ring (bicyclic) bond motifs is 7. The van der Waals surface area contributed by atoms with Crippen LogP contribution in [-0.4, -0.2) is 95.1 Å². The van der Waals surface area contributed by atoms with E-state index in [1.165, 1.54) is 19.3 Å². The number of aliphatic hydroxyl groups excluding tert-OH is 4. The van der Waals surface area contributed by atoms with Crippen molar-refractivity contribution in [2.45, 2.75) is 167 Å². The van der Waals surface area contributed by atoms with E-state index in [9.17, 15) is 20.4 Å². The molecule has 0 aromatic rings. The second-order valence-electron chi connectivity index (χ2n) is 17.3. The number of ether oxygens (including phenoxy) is 5. The van der Waals surface area contributed by atoms with Gasteiger partial charge in [-0.15, -0.1) is 0 Å². The van der Waals surface area contributed by atoms with Gasteiger partial charge in [0, 0.05) is 19.4 Å². The maximum Gasteiger partial charge on any atom is 0.161 e. The van der Waals surface area contributed by atoms with Crippen molar-refractivity contribution in [1.82, 2.24) is 0 Å². The van der Waals surface area contributed by atoms with E-state index in [-0.39, 0.29) is 37.3 Å². The van der Waals surface area contributed by atoms with Crippen LogP contribution in [0.5, 0.6) is 0 Å². The van der Waals surface area contributed by atoms with Crippen LogP contribution in [0.15, 0.2) is 11.6 Å². The fourth-order valence-corrected chi connectivity index (χ4v) is 11.9. The molecule has 268 valence electrons. The highest BCUT2D eigenvalue weighted by Crippen LogP contribution is 2.69. The third kappa shape index (κ3) is 6.20. The summed E-state index contributed by atoms with van der Waals surface area (Å²) < 4.78 is 31.2. The molecule has 18 atom stereocenters. The van der Waals surface area contributed by atoms with Crippen LogP contribution in [0.3, 0.4) is 0 Å². The molecule has 4 N–H and O–H groups in total. The fraction of sp³-hybridized carbons (Fsp3) is 0.947. The molecule has 15 unspecified atom stereocenters. The quantitative estimate of drug-likeness (QED) is 0.260. The lowest BCUT2D eigenvalue weighted by Crippen LogP contribution is -2.54. The molecule has 7 rings (SSSR count). The topological polar surface area (TPSA) is 127 Å². The van der Waals surface area contributed by atoms with Gasteiger partial charge in [0.25, 0.3) is 0 Å². The average molecular weight is 663 g/mol. The van der Waals surface area contributed by atoms with Crippen LogP contribution in [-0.2, 0) is 23.7 Å². The van der Waals surface area contributed by atoms with Gasteiger partial charge < -0.3 is 44.1 Å². The predicted octanol–water partition coefficient (Wildman–Crippen LogP) is 4.72. The summed E-state index contributed by atoms with van der Waals surface area (Å²) in [4.78, 5) is 0. The molecule has 0 amide bonds. The first-order valence-corrected chi connectivity index (χ1v) is 19.0. The lowest BCUT2D eigenvalue weighted by Gasteiger charge is -2.58. The predicted molar refractivity (Wildman–Crippen MR) is 175 cm³/mol. The molecule has 3 aliphatic heterocycles. The van der Waals surface area contributed by atoms with Crippen LogP contribution in [0.25, 0.3) is 0 Å². The molecule has 47 heavy (non-hydrogen) atoms. The van der Waals surface area contributed by atoms with Crippen molar-refractivity contribution in [2.75, 3.05) is 13.2 Å². The minimum Gasteiger partial charge on any atom is -0.396 e. The Labute approximate surface area is 281 Å². The molecule has 0 aromatic carbocycles. The van der Waals surface area contributed by atoms with Crippen LogP contribution < -0.4 is 0 Å². The molecule has 3 saturated heterocycles. The van der Waals surface area contributed by atoms with E-state index in [1.807, 2.05) is 0 Å². The number of hydrogen-bond donors (Lipinski definition) is 4. The van der Waals surface area contributed by atoms with E-state index in [2.05, 4.69) is 33.8 Å². The van der Waals surface area contributed by atoms with Gasteiger partial charge in [-0.3, -0.25) is 0 Å². The average Bonchev–Trinajstić information content (AvgIpc) is 3.65. The van der Waals surface area contributed by atoms with Gasteiger partial charge in [0.2, 0.25) is 0 Å². The van der Waals surface area contributed by atoms with Crippen molar-refractivity contribution >= 4 is 0 Å². The second kappa shape index (κ2) is 13.5. The number of hydrogen-bond acceptors (Lipinski definition) is 9. The highest BCUT2D eigenvalue weighted by atomic mass is 16.7. The Balaban J connectivity index is 0.965. The third-order valence-corrected chi connectivity index (χ3v) is 14.6. The van der Waals surface area contributed by atoms with Gasteiger partial charge in [-0.05, 0) is 111 Å². The van der Waals surface area contributed by atoms with Crippen LogP contribution in [0, 0.1) is 46.3 Å². The SMILES string of the molecule is CC1C(CC[C@@H](C)CO)OC2CC3C4CC=C5CC(OC6CC(O)[C@H](OC7CC(O)[C@H](C)O7)C(CO)O6)CCC5(C)C4CCC3(C)C21. The first-order chi connectivity index (χ1) is 22.4. The van der Waals surface area contributed by atoms with Gasteiger partial charge >= 0.3 is 0 Å². The zero-order valence-corrected chi connectivity index (χ0v) is 29.3. The Morgan fingerprint density at radius 2 is 1.68 bits per heavy atom. The summed E-state index contributed by atoms with van der Waals surface area (Å²) in [5, 5.41) is 40.7. The number of aliphatic hydroxyl groups is 4. The van der Waals surface area contributed by atoms with Crippen molar-refractivity contribution in [2.24, 2.45) is 46.3 Å². The smallest absolute Gasteiger partial charge is 0.161 e. The zero-order chi connectivity index (χ0) is 33.2. The molecule has 6 fully saturated rings. The van der Waals surface area contributed by atoms with Gasteiger partial charge in [0.15, 0.2) is 12.6 Å². The second-order valence-corrected chi connectivity index (χ2v) is 17.3. The summed E-state index contributed by atoms with van der Waals surface area (Å²) in [6.07, 6.45) is 9.41. The first-order valence-electron chi connectivity index (χ1n) is 19.0. The first kappa shape index (κ1) is 34.8. The largest absolute Gasteiger partial charge is 0.396 e. The monoisotopic (exact) mass is 662 g/mol. The van der Waals surface area contributed by atoms with Gasteiger partial charge in [-0.25, -0.2) is 0 Å². The summed E-state index contributed by atoms with van der Waals surface area (Å²) >= 11 is 0. The minimum absolute atomic E-state index is 0.0217. The lowest BCUT2D eigenvalue weighted by atomic mass is 9.47. The summed E-state index contributed by atoms with van der Waals surface area (Å²) in [7, 11) is 0. The molecule has 7 aliphatic rings. The van der Waals surface area contributed by atoms with Crippen LogP contribution >= 0.6 is 0 Å². The van der Waals surface area contributed by atoms with E-state index in [0.29, 0.717) is 59.6 Å². The summed E-state index contributed by atoms with van der Waals surface area (Å²) in [6.45, 7) is 11.5. The van der Waals surface area contributed by atoms with E-state index >= 15 is 0 Å². The Morgan fingerprint density at radius 3 is 2.40 bits per heavy atom. The highest BCUT2D eigenvalue weighted by molar-refractivity contribution is 5.26. The molecular weight excluding hydrogens is 600 g/mol. The summed E-state index contributed by atoms with van der Waals surface area (Å²) in [5.41, 5.74) is 2.08. The minimum atomic E-state index is -0.861. The van der Waals surface area contributed by atoms with Crippen molar-refractivity contribution in [3.8, 4) is 0 Å². The Kier molecular flexibility index (Phi) is 10.00. The molecule has 9 nitrogen and oxygen atoms in total. The standard InChI is InChI=1S/C38H62O9/c1-20(18-39)6-9-30-21(2)35-31(45-30)15-27-25-8-7-23-14-24(10-12-37(23,4)26(25)11-13-38(27,35)5)44-34-17-29(42)36(32(19-40)46-34)47-33-16-28(41)22(3)43-33/h7,20-22,24-36,39-42H,6,8-19H2,1-5H3/t20-,21?,22+,24?,25?,26?,27?,28?,29?,30?,31?,32?,33?,34?,35?,36+,37?,38?/m1/s1. The zero-order valence-electron chi connectivity index (χ0n) is 29.3. The molecule has 0 bridgehead atoms. The maximum atomic E-state index is 11.0. The Bertz CT molecular complexity index is 1120. The van der Waals surface area contributed by atoms with Crippen molar-refractivity contribution in [3.63, 3.8) is 0 Å². The van der Waals surface area contributed by atoms with Crippen LogP contribution in [0.4, 0.5) is 0 Å². The van der Waals surface area contributed by atoms with Crippen LogP contribution in [0.2, 0.25) is 0 Å². The van der Waals surface area contributed by atoms with Crippen molar-refractivity contribution < 1.29 is 44.1 Å². The number of rotatable bonds is 9. The van der Waals surface area contributed by atoms with Crippen molar-refractivity contribution in [3.05, 3.63) is 11.6 Å². The van der Waals surface area contributed by atoms with Gasteiger partial charge in [-0.2, -0.15) is 0 Å². The molecule has 0 aromatic heterocycles. The summed E-state index contributed by atoms with van der Waals surface area (Å²) in [5.74, 6) is 3.68. The Hall–Kier alpha value is -0.620. The molecular formula is C38H62O9. The van der Waals surface area contributed by atoms with Crippen molar-refractivity contribution in [1.29, 1.82) is 0 Å². The molecule has 9 heteroatoms. The third-order valence-electron chi connectivity index (χ3n) is 14.6. The molecule has 0 radical (unpaired) electrons. The highest BCUT2D eigenvalue weighted by Gasteiger charge is 2.65. The molecule has 3 saturated carbocycles. The van der Waals surface area contributed by atoms with Crippen LogP contribution in [0.1, 0.15) is 105 Å². The molecule has 4 aliphatic carbocycles. The lowest BCUT2D eigenvalue weighted by molar-refractivity contribution is -0.300. The van der Waals surface area contributed by atoms with Gasteiger partial charge in [0.05, 0.1) is 43.2 Å². The maximum absolute atomic E-state index is 11.0. The van der Waals surface area contributed by atoms with Gasteiger partial charge in [-0.1, -0.05) is 39.3 Å². The van der Waals surface area contributed by atoms with E-state index in [4.69, 9.17) is 23.7 Å². The van der Waals surface area contributed by atoms with E-state index in [0.717, 1.165) is 38.5 Å². The van der Waals surface area contributed by atoms with Gasteiger partial charge in [0.1, 0.15) is 12.2 Å². The fourth-order valence-electron chi connectivity index (χ4n) is 11.9. The molecule has 0 spiro atoms. The Morgan fingerprint density at radius 1 is 0.915 bits per heavy atom. The normalized spacial score (nSPS) is 53.1. The van der Waals surface area contributed by atoms with E-state index < -0.39 is 37.0 Å². The number of allylic oxidation sites excluding steroid dienone is 1. The summed E-state index contributed by atoms with van der Waals surface area (Å²) in [6, 6.07) is 0. The van der Waals surface area contributed by atoms with E-state index in [1.54, 1.807) is 12.5 Å². The molecule has 3 heterocycles.